The van der Waals surface area contributed by atoms with E-state index in [0.29, 0.717) is 0 Å². The minimum atomic E-state index is -5.01. The molecule has 4 aliphatic heterocycles. The molecule has 0 aliphatic carbocycles. The second kappa shape index (κ2) is 11.8. The molecule has 4 aliphatic rings. The number of hydrogen-bond donors (Lipinski definition) is 5. The molecule has 21 heteroatoms. The normalized spacial score (nSPS) is 33.4. The predicted molar refractivity (Wildman–Crippen MR) is 121 cm³/mol. The summed E-state index contributed by atoms with van der Waals surface area (Å²) < 4.78 is 34.8. The van der Waals surface area contributed by atoms with E-state index >= 15 is 0 Å². The van der Waals surface area contributed by atoms with Crippen molar-refractivity contribution in [1.29, 1.82) is 5.41 Å². The van der Waals surface area contributed by atoms with Crippen molar-refractivity contribution in [1.82, 2.24) is 24.8 Å². The van der Waals surface area contributed by atoms with Crippen LogP contribution in [-0.4, -0.2) is 104 Å². The number of nitrogens with two attached hydrogens (primary N) is 1. The molecule has 2 fully saturated rings. The molecule has 19 nitrogen and oxygen atoms in total. The van der Waals surface area contributed by atoms with Crippen molar-refractivity contribution in [3.8, 4) is 0 Å². The molecule has 0 bridgehead atoms. The van der Waals surface area contributed by atoms with Gasteiger partial charge in [0.15, 0.2) is 11.9 Å². The van der Waals surface area contributed by atoms with Crippen molar-refractivity contribution in [2.45, 2.75) is 55.8 Å². The fourth-order valence-electron chi connectivity index (χ4n) is 4.35. The number of aliphatic imine (C=N–C) groups is 2. The first-order chi connectivity index (χ1) is 18.0. The molecule has 1 aromatic heterocycles. The zero-order valence-electron chi connectivity index (χ0n) is 20.4. The number of rotatable bonds is 8. The largest absolute Gasteiger partial charge is 1.00 e. The van der Waals surface area contributed by atoms with E-state index < -0.39 is 75.5 Å². The van der Waals surface area contributed by atoms with Crippen LogP contribution >= 0.6 is 7.82 Å². The topological polar surface area (TPSA) is 272 Å². The van der Waals surface area contributed by atoms with E-state index in [9.17, 15) is 29.3 Å². The molecule has 8 unspecified atom stereocenters. The number of amides is 1. The second-order valence-electron chi connectivity index (χ2n) is 8.65. The Morgan fingerprint density at radius 3 is 2.74 bits per heavy atom. The second-order valence-corrected chi connectivity index (χ2v) is 10.0. The van der Waals surface area contributed by atoms with E-state index in [1.54, 1.807) is 0 Å². The van der Waals surface area contributed by atoms with E-state index in [2.05, 4.69) is 25.3 Å². The van der Waals surface area contributed by atoms with E-state index in [0.717, 1.165) is 10.9 Å². The number of aliphatic hydroxyl groups excluding tert-OH is 2. The van der Waals surface area contributed by atoms with Crippen LogP contribution < -0.4 is 51.2 Å². The van der Waals surface area contributed by atoms with E-state index in [1.807, 2.05) is 0 Å². The number of aromatic nitrogens is 3. The third kappa shape index (κ3) is 6.28. The predicted octanol–water partition coefficient (Wildman–Crippen LogP) is -6.97. The Balaban J connectivity index is 0.00000353. The molecule has 0 radical (unpaired) electrons. The smallest absolute Gasteiger partial charge is 0.756 e. The summed E-state index contributed by atoms with van der Waals surface area (Å²) in [6.07, 6.45) is -4.20. The summed E-state index contributed by atoms with van der Waals surface area (Å²) in [4.78, 5) is 53.1. The third-order valence-corrected chi connectivity index (χ3v) is 7.15. The molecule has 5 rings (SSSR count). The maximum atomic E-state index is 12.5. The van der Waals surface area contributed by atoms with Crippen LogP contribution in [0.2, 0.25) is 0 Å². The van der Waals surface area contributed by atoms with Gasteiger partial charge in [-0.2, -0.15) is 9.98 Å². The van der Waals surface area contributed by atoms with Crippen LogP contribution in [-0.2, 0) is 27.9 Å². The number of nitrogen functional groups attached to an aromatic ring is 1. The molecule has 1 amide bonds. The summed E-state index contributed by atoms with van der Waals surface area (Å²) >= 11 is 0. The zero-order chi connectivity index (χ0) is 27.2. The van der Waals surface area contributed by atoms with Gasteiger partial charge in [0.2, 0.25) is 11.9 Å². The van der Waals surface area contributed by atoms with Crippen molar-refractivity contribution in [2.24, 2.45) is 9.98 Å². The summed E-state index contributed by atoms with van der Waals surface area (Å²) in [5.41, 5.74) is 4.58. The Kier molecular flexibility index (Phi) is 8.98. The molecule has 0 aromatic carbocycles. The number of ether oxygens (including phenoxy) is 2. The number of fused-ring (bicyclic) bond motifs is 1. The van der Waals surface area contributed by atoms with Gasteiger partial charge in [0.05, 0.1) is 31.8 Å². The third-order valence-electron chi connectivity index (χ3n) is 6.16. The number of nitrogens with one attached hydrogen (secondary N) is 2. The van der Waals surface area contributed by atoms with Gasteiger partial charge >= 0.3 is 35.2 Å². The summed E-state index contributed by atoms with van der Waals surface area (Å²) in [6.45, 7) is -1.22. The van der Waals surface area contributed by atoms with Gasteiger partial charge in [-0.05, 0) is 0 Å². The number of carbonyl (C=O) groups excluding carboxylic acids is 1. The number of phosphoric ester groups is 1. The minimum Gasteiger partial charge on any atom is -0.756 e. The van der Waals surface area contributed by atoms with Gasteiger partial charge in [-0.25, -0.2) is 9.78 Å². The molecule has 5 heterocycles. The Morgan fingerprint density at radius 2 is 2.03 bits per heavy atom. The van der Waals surface area contributed by atoms with Crippen molar-refractivity contribution in [3.63, 3.8) is 0 Å². The summed E-state index contributed by atoms with van der Waals surface area (Å²) in [5, 5.41) is 29.9. The Bertz CT molecular complexity index is 1300. The number of hydrogen-bond acceptors (Lipinski definition) is 16. The van der Waals surface area contributed by atoms with Gasteiger partial charge in [-0.1, -0.05) is 0 Å². The number of aliphatic hydroxyl groups is 2. The Hall–Kier alpha value is -2.16. The fraction of sp³-hybridized carbons (Fsp3) is 0.611. The van der Waals surface area contributed by atoms with Gasteiger partial charge in [-0.3, -0.25) is 34.5 Å². The van der Waals surface area contributed by atoms with Gasteiger partial charge < -0.3 is 39.4 Å². The molecule has 39 heavy (non-hydrogen) atoms. The summed E-state index contributed by atoms with van der Waals surface area (Å²) in [7, 11) is -5.01. The summed E-state index contributed by atoms with van der Waals surface area (Å²) in [6, 6.07) is -0.956. The van der Waals surface area contributed by atoms with Crippen molar-refractivity contribution < 1.29 is 72.5 Å². The Morgan fingerprint density at radius 1 is 1.28 bits per heavy atom. The van der Waals surface area contributed by atoms with Crippen LogP contribution in [0.15, 0.2) is 21.1 Å². The van der Waals surface area contributed by atoms with Crippen molar-refractivity contribution in [3.05, 3.63) is 16.8 Å². The Labute approximate surface area is 241 Å². The number of amidine groups is 1. The minimum absolute atomic E-state index is 0. The molecule has 8 atom stereocenters. The first-order valence-electron chi connectivity index (χ1n) is 11.3. The molecule has 0 spiro atoms. The zero-order valence-corrected chi connectivity index (χ0v) is 23.3. The van der Waals surface area contributed by atoms with E-state index in [1.165, 1.54) is 11.2 Å². The molecule has 0 saturated carbocycles. The number of carbonyl (C=O) groups is 1. The molecular formula is C18H23N9NaO10P. The quantitative estimate of drug-likeness (QED) is 0.141. The number of phosphoric acid groups is 1. The fourth-order valence-corrected chi connectivity index (χ4v) is 5.30. The van der Waals surface area contributed by atoms with Gasteiger partial charge in [0, 0.05) is 12.8 Å². The van der Waals surface area contributed by atoms with Gasteiger partial charge in [-0.15, -0.1) is 0 Å². The first-order valence-corrected chi connectivity index (χ1v) is 12.7. The van der Waals surface area contributed by atoms with Crippen molar-refractivity contribution in [2.75, 3.05) is 18.9 Å². The SMILES string of the molecule is N=C1N=C2C(N=CN2C2CC(O)C(COP(=O)([O-])OC3CC(n4cnc(N)nc4=O)OC3CO)O2)C(=O)N1.[Na+]. The maximum Gasteiger partial charge on any atom is 1.00 e. The van der Waals surface area contributed by atoms with E-state index in [4.69, 9.17) is 29.7 Å². The average Bonchev–Trinajstić information content (AvgIpc) is 3.54. The summed E-state index contributed by atoms with van der Waals surface area (Å²) in [5.74, 6) is -1.01. The monoisotopic (exact) mass is 579 g/mol. The average molecular weight is 579 g/mol. The molecule has 6 N–H and O–H groups in total. The first kappa shape index (κ1) is 29.8. The van der Waals surface area contributed by atoms with Crippen LogP contribution in [0.25, 0.3) is 0 Å². The van der Waals surface area contributed by atoms with Gasteiger partial charge in [0.1, 0.15) is 31.0 Å². The molecule has 2 saturated heterocycles. The number of anilines is 1. The molecular weight excluding hydrogens is 556 g/mol. The standard InChI is InChI=1S/C18H24N9O10P.Na/c19-16-22-6-27(18(31)25-16)12-2-8(9(3-28)35-12)37-38(32,33)34-4-10-7(29)1-11(36-10)26-5-21-13-14(26)23-17(20)24-15(13)30;/h5-13,28-29H,1-4H2,(H,32,33)(H2,19,25,31)(H2,20,24,30);/q;+1/p-1. The van der Waals surface area contributed by atoms with Crippen LogP contribution in [0.4, 0.5) is 5.95 Å². The van der Waals surface area contributed by atoms with Crippen LogP contribution in [0, 0.1) is 5.41 Å². The van der Waals surface area contributed by atoms with Crippen LogP contribution in [0.3, 0.4) is 0 Å². The van der Waals surface area contributed by atoms with Crippen LogP contribution in [0.1, 0.15) is 19.1 Å². The number of nitrogens with zero attached hydrogens (tertiary/aromatic N) is 6. The van der Waals surface area contributed by atoms with Gasteiger partial charge in [0.25, 0.3) is 13.7 Å². The van der Waals surface area contributed by atoms with Crippen LogP contribution in [0.5, 0.6) is 0 Å². The molecule has 1 aromatic rings. The van der Waals surface area contributed by atoms with Crippen molar-refractivity contribution >= 4 is 37.8 Å². The number of guanidine groups is 1. The maximum absolute atomic E-state index is 12.5. The molecule has 206 valence electrons. The van der Waals surface area contributed by atoms with E-state index in [-0.39, 0.29) is 60.1 Å².